The van der Waals surface area contributed by atoms with Gasteiger partial charge in [-0.1, -0.05) is 13.8 Å². The molecule has 4 nitrogen and oxygen atoms in total. The van der Waals surface area contributed by atoms with Gasteiger partial charge in [-0.15, -0.1) is 0 Å². The fourth-order valence-electron chi connectivity index (χ4n) is 2.57. The Labute approximate surface area is 103 Å². The first-order chi connectivity index (χ1) is 8.07. The molecule has 2 rings (SSSR count). The van der Waals surface area contributed by atoms with Crippen molar-refractivity contribution in [3.8, 4) is 0 Å². The van der Waals surface area contributed by atoms with E-state index in [9.17, 15) is 4.79 Å². The van der Waals surface area contributed by atoms with E-state index in [4.69, 9.17) is 10.5 Å². The minimum Gasteiger partial charge on any atom is -0.364 e. The zero-order valence-electron chi connectivity index (χ0n) is 10.9. The van der Waals surface area contributed by atoms with E-state index >= 15 is 0 Å². The van der Waals surface area contributed by atoms with Gasteiger partial charge in [0, 0.05) is 13.1 Å². The van der Waals surface area contributed by atoms with E-state index in [0.29, 0.717) is 17.9 Å². The lowest BCUT2D eigenvalue weighted by atomic mass is 9.92. The molecule has 1 amide bonds. The van der Waals surface area contributed by atoms with Crippen LogP contribution in [-0.2, 0) is 9.53 Å². The van der Waals surface area contributed by atoms with E-state index in [-0.39, 0.29) is 18.1 Å². The quantitative estimate of drug-likeness (QED) is 0.755. The van der Waals surface area contributed by atoms with E-state index < -0.39 is 0 Å². The molecule has 0 spiro atoms. The van der Waals surface area contributed by atoms with Crippen LogP contribution in [0.2, 0.25) is 0 Å². The van der Waals surface area contributed by atoms with Crippen LogP contribution in [0.3, 0.4) is 0 Å². The second-order valence-corrected chi connectivity index (χ2v) is 5.79. The van der Waals surface area contributed by atoms with Crippen LogP contribution in [0.15, 0.2) is 0 Å². The second kappa shape index (κ2) is 4.94. The van der Waals surface area contributed by atoms with Gasteiger partial charge in [-0.05, 0) is 37.0 Å². The molecule has 17 heavy (non-hydrogen) atoms. The molecule has 1 heterocycles. The Morgan fingerprint density at radius 2 is 2.18 bits per heavy atom. The van der Waals surface area contributed by atoms with Crippen LogP contribution in [0, 0.1) is 11.3 Å². The molecule has 98 valence electrons. The van der Waals surface area contributed by atoms with Crippen LogP contribution in [0.25, 0.3) is 0 Å². The average Bonchev–Trinajstić information content (AvgIpc) is 2.96. The van der Waals surface area contributed by atoms with Crippen LogP contribution in [0.1, 0.15) is 39.5 Å². The van der Waals surface area contributed by atoms with Crippen molar-refractivity contribution in [2.75, 3.05) is 13.1 Å². The Kier molecular flexibility index (Phi) is 3.73. The summed E-state index contributed by atoms with van der Waals surface area (Å²) in [6, 6.07) is 0. The molecular weight excluding hydrogens is 216 g/mol. The van der Waals surface area contributed by atoms with Gasteiger partial charge in [-0.25, -0.2) is 0 Å². The maximum Gasteiger partial charge on any atom is 0.249 e. The number of nitrogens with one attached hydrogen (secondary N) is 1. The SMILES string of the molecule is CC(C)C1(CNC(=O)[C@@H]2CC[C@H](CN)O2)CC1. The minimum atomic E-state index is -0.272. The molecule has 3 N–H and O–H groups in total. The third kappa shape index (κ3) is 2.80. The number of nitrogens with two attached hydrogens (primary N) is 1. The molecule has 0 radical (unpaired) electrons. The molecule has 1 aliphatic carbocycles. The predicted octanol–water partition coefficient (Wildman–Crippen LogP) is 1.05. The zero-order chi connectivity index (χ0) is 12.5. The van der Waals surface area contributed by atoms with Gasteiger partial charge in [0.05, 0.1) is 6.10 Å². The first-order valence-corrected chi connectivity index (χ1v) is 6.70. The Hall–Kier alpha value is -0.610. The average molecular weight is 240 g/mol. The zero-order valence-corrected chi connectivity index (χ0v) is 10.9. The van der Waals surface area contributed by atoms with Crippen LogP contribution in [0.4, 0.5) is 0 Å². The largest absolute Gasteiger partial charge is 0.364 e. The smallest absolute Gasteiger partial charge is 0.249 e. The van der Waals surface area contributed by atoms with Gasteiger partial charge >= 0.3 is 0 Å². The van der Waals surface area contributed by atoms with Gasteiger partial charge < -0.3 is 15.8 Å². The van der Waals surface area contributed by atoms with Crippen molar-refractivity contribution >= 4 is 5.91 Å². The van der Waals surface area contributed by atoms with E-state index in [1.54, 1.807) is 0 Å². The van der Waals surface area contributed by atoms with Crippen molar-refractivity contribution in [2.45, 2.75) is 51.7 Å². The summed E-state index contributed by atoms with van der Waals surface area (Å²) in [6.07, 6.45) is 3.99. The van der Waals surface area contributed by atoms with Crippen molar-refractivity contribution in [3.63, 3.8) is 0 Å². The van der Waals surface area contributed by atoms with Gasteiger partial charge in [0.2, 0.25) is 5.91 Å². The molecule has 4 heteroatoms. The number of ether oxygens (including phenoxy) is 1. The highest BCUT2D eigenvalue weighted by Gasteiger charge is 2.45. The van der Waals surface area contributed by atoms with Crippen molar-refractivity contribution < 1.29 is 9.53 Å². The molecule has 0 aromatic rings. The Morgan fingerprint density at radius 1 is 1.47 bits per heavy atom. The van der Waals surface area contributed by atoms with Crippen molar-refractivity contribution in [1.29, 1.82) is 0 Å². The molecule has 0 aromatic heterocycles. The summed E-state index contributed by atoms with van der Waals surface area (Å²) in [6.45, 7) is 5.78. The van der Waals surface area contributed by atoms with Crippen molar-refractivity contribution in [1.82, 2.24) is 5.32 Å². The van der Waals surface area contributed by atoms with Crippen LogP contribution in [-0.4, -0.2) is 31.2 Å². The van der Waals surface area contributed by atoms with E-state index in [1.165, 1.54) is 12.8 Å². The van der Waals surface area contributed by atoms with Crippen molar-refractivity contribution in [3.05, 3.63) is 0 Å². The lowest BCUT2D eigenvalue weighted by Gasteiger charge is -2.21. The maximum atomic E-state index is 11.9. The molecule has 2 atom stereocenters. The van der Waals surface area contributed by atoms with Gasteiger partial charge in [0.15, 0.2) is 0 Å². The molecule has 2 aliphatic rings. The summed E-state index contributed by atoms with van der Waals surface area (Å²) in [4.78, 5) is 11.9. The van der Waals surface area contributed by atoms with E-state index in [0.717, 1.165) is 19.4 Å². The highest BCUT2D eigenvalue weighted by Crippen LogP contribution is 2.51. The summed E-state index contributed by atoms with van der Waals surface area (Å²) < 4.78 is 5.58. The predicted molar refractivity (Wildman–Crippen MR) is 66.5 cm³/mol. The fourth-order valence-corrected chi connectivity index (χ4v) is 2.57. The maximum absolute atomic E-state index is 11.9. The van der Waals surface area contributed by atoms with Crippen LogP contribution < -0.4 is 11.1 Å². The molecular formula is C13H24N2O2. The van der Waals surface area contributed by atoms with Gasteiger partial charge in [0.25, 0.3) is 0 Å². The number of amides is 1. The highest BCUT2D eigenvalue weighted by molar-refractivity contribution is 5.81. The first kappa shape index (κ1) is 12.8. The molecule has 2 fully saturated rings. The first-order valence-electron chi connectivity index (χ1n) is 6.70. The van der Waals surface area contributed by atoms with Crippen molar-refractivity contribution in [2.24, 2.45) is 17.1 Å². The number of carbonyl (C=O) groups is 1. The number of hydrogen-bond acceptors (Lipinski definition) is 3. The monoisotopic (exact) mass is 240 g/mol. The topological polar surface area (TPSA) is 64.4 Å². The molecule has 0 aromatic carbocycles. The second-order valence-electron chi connectivity index (χ2n) is 5.79. The van der Waals surface area contributed by atoms with Gasteiger partial charge in [-0.3, -0.25) is 4.79 Å². The van der Waals surface area contributed by atoms with Gasteiger partial charge in [-0.2, -0.15) is 0 Å². The van der Waals surface area contributed by atoms with E-state index in [2.05, 4.69) is 19.2 Å². The molecule has 0 bridgehead atoms. The molecule has 0 unspecified atom stereocenters. The molecule has 1 saturated heterocycles. The lowest BCUT2D eigenvalue weighted by Crippen LogP contribution is -2.39. The standard InChI is InChI=1S/C13H24N2O2/c1-9(2)13(5-6-13)8-15-12(16)11-4-3-10(7-14)17-11/h9-11H,3-8,14H2,1-2H3,(H,15,16)/t10-,11+/m1/s1. The Bertz CT molecular complexity index is 287. The summed E-state index contributed by atoms with van der Waals surface area (Å²) >= 11 is 0. The summed E-state index contributed by atoms with van der Waals surface area (Å²) in [7, 11) is 0. The summed E-state index contributed by atoms with van der Waals surface area (Å²) in [5, 5.41) is 3.05. The van der Waals surface area contributed by atoms with Crippen LogP contribution in [0.5, 0.6) is 0 Å². The highest BCUT2D eigenvalue weighted by atomic mass is 16.5. The third-order valence-corrected chi connectivity index (χ3v) is 4.39. The third-order valence-electron chi connectivity index (χ3n) is 4.39. The Balaban J connectivity index is 1.75. The fraction of sp³-hybridized carbons (Fsp3) is 0.923. The lowest BCUT2D eigenvalue weighted by molar-refractivity contribution is -0.132. The Morgan fingerprint density at radius 3 is 2.65 bits per heavy atom. The molecule has 1 aliphatic heterocycles. The minimum absolute atomic E-state index is 0.0490. The number of rotatable bonds is 5. The summed E-state index contributed by atoms with van der Waals surface area (Å²) in [5.41, 5.74) is 5.90. The van der Waals surface area contributed by atoms with Gasteiger partial charge in [0.1, 0.15) is 6.10 Å². The normalized spacial score (nSPS) is 30.6. The van der Waals surface area contributed by atoms with E-state index in [1.807, 2.05) is 0 Å². The summed E-state index contributed by atoms with van der Waals surface area (Å²) in [5.74, 6) is 0.692. The van der Waals surface area contributed by atoms with Crippen LogP contribution >= 0.6 is 0 Å². The number of hydrogen-bond donors (Lipinski definition) is 2. The molecule has 1 saturated carbocycles. The number of carbonyl (C=O) groups excluding carboxylic acids is 1.